The molecular weight excluding hydrogens is 388 g/mol. The van der Waals surface area contributed by atoms with Crippen molar-refractivity contribution in [1.82, 2.24) is 4.98 Å². The lowest BCUT2D eigenvalue weighted by Crippen LogP contribution is -2.13. The second-order valence-electron chi connectivity index (χ2n) is 6.25. The standard InChI is InChI=1S/C22H20N2O4S/c1-28-20(27)14-18-21(16-10-6-3-7-11-16)24-22(29-18)23-19(26)13-12-17(25)15-8-4-2-5-9-15/h2-11H,12-14H2,1H3,(H,23,24,26). The maximum atomic E-state index is 12.3. The fourth-order valence-electron chi connectivity index (χ4n) is 2.73. The number of hydrogen-bond acceptors (Lipinski definition) is 6. The van der Waals surface area contributed by atoms with E-state index in [1.165, 1.54) is 18.4 Å². The Hall–Kier alpha value is -3.32. The lowest BCUT2D eigenvalue weighted by Gasteiger charge is -2.02. The normalized spacial score (nSPS) is 10.4. The first-order valence-electron chi connectivity index (χ1n) is 9.07. The largest absolute Gasteiger partial charge is 0.469 e. The van der Waals surface area contributed by atoms with Crippen molar-refractivity contribution in [2.45, 2.75) is 19.3 Å². The van der Waals surface area contributed by atoms with Crippen LogP contribution >= 0.6 is 11.3 Å². The molecular formula is C22H20N2O4S. The molecule has 0 saturated carbocycles. The molecule has 1 amide bonds. The van der Waals surface area contributed by atoms with Crippen molar-refractivity contribution in [3.63, 3.8) is 0 Å². The molecule has 0 radical (unpaired) electrons. The molecule has 0 fully saturated rings. The molecule has 2 aromatic carbocycles. The van der Waals surface area contributed by atoms with E-state index in [9.17, 15) is 14.4 Å². The van der Waals surface area contributed by atoms with E-state index >= 15 is 0 Å². The van der Waals surface area contributed by atoms with Crippen LogP contribution in [-0.2, 0) is 20.7 Å². The van der Waals surface area contributed by atoms with E-state index in [-0.39, 0.29) is 36.9 Å². The number of anilines is 1. The molecule has 0 saturated heterocycles. The van der Waals surface area contributed by atoms with E-state index in [1.54, 1.807) is 24.3 Å². The van der Waals surface area contributed by atoms with Gasteiger partial charge in [-0.1, -0.05) is 60.7 Å². The smallest absolute Gasteiger partial charge is 0.310 e. The number of esters is 1. The summed E-state index contributed by atoms with van der Waals surface area (Å²) in [5, 5.41) is 3.12. The first-order chi connectivity index (χ1) is 14.1. The molecule has 0 bridgehead atoms. The van der Waals surface area contributed by atoms with Gasteiger partial charge in [0, 0.05) is 28.8 Å². The van der Waals surface area contributed by atoms with Crippen LogP contribution in [0.15, 0.2) is 60.7 Å². The van der Waals surface area contributed by atoms with Crippen molar-refractivity contribution in [2.24, 2.45) is 0 Å². The highest BCUT2D eigenvalue weighted by Gasteiger charge is 2.18. The van der Waals surface area contributed by atoms with Crippen LogP contribution in [0, 0.1) is 0 Å². The quantitative estimate of drug-likeness (QED) is 0.447. The number of Topliss-reactive ketones (excluding diaryl/α,β-unsaturated/α-hetero) is 1. The van der Waals surface area contributed by atoms with Gasteiger partial charge in [0.05, 0.1) is 19.2 Å². The molecule has 3 rings (SSSR count). The fraction of sp³-hybridized carbons (Fsp3) is 0.182. The molecule has 0 spiro atoms. The maximum absolute atomic E-state index is 12.3. The van der Waals surface area contributed by atoms with Crippen LogP contribution in [0.25, 0.3) is 11.3 Å². The van der Waals surface area contributed by atoms with Crippen LogP contribution in [0.2, 0.25) is 0 Å². The van der Waals surface area contributed by atoms with E-state index in [4.69, 9.17) is 4.74 Å². The predicted molar refractivity (Wildman–Crippen MR) is 112 cm³/mol. The maximum Gasteiger partial charge on any atom is 0.310 e. The Kier molecular flexibility index (Phi) is 6.86. The summed E-state index contributed by atoms with van der Waals surface area (Å²) in [5.74, 6) is -0.763. The zero-order valence-corrected chi connectivity index (χ0v) is 16.7. The van der Waals surface area contributed by atoms with Gasteiger partial charge in [-0.15, -0.1) is 11.3 Å². The summed E-state index contributed by atoms with van der Waals surface area (Å²) >= 11 is 1.23. The highest BCUT2D eigenvalue weighted by Crippen LogP contribution is 2.31. The van der Waals surface area contributed by atoms with E-state index < -0.39 is 0 Å². The first-order valence-corrected chi connectivity index (χ1v) is 9.88. The SMILES string of the molecule is COC(=O)Cc1sc(NC(=O)CCC(=O)c2ccccc2)nc1-c1ccccc1. The predicted octanol–water partition coefficient (Wildman–Crippen LogP) is 4.13. The molecule has 0 aliphatic heterocycles. The molecule has 29 heavy (non-hydrogen) atoms. The van der Waals surface area contributed by atoms with Gasteiger partial charge in [0.15, 0.2) is 10.9 Å². The molecule has 1 heterocycles. The second-order valence-corrected chi connectivity index (χ2v) is 7.33. The van der Waals surface area contributed by atoms with Crippen LogP contribution in [-0.4, -0.2) is 29.8 Å². The van der Waals surface area contributed by atoms with Crippen molar-refractivity contribution in [2.75, 3.05) is 12.4 Å². The van der Waals surface area contributed by atoms with Crippen LogP contribution in [0.1, 0.15) is 28.1 Å². The Morgan fingerprint density at radius 1 is 0.966 bits per heavy atom. The molecule has 0 aliphatic rings. The van der Waals surface area contributed by atoms with Crippen molar-refractivity contribution in [3.05, 3.63) is 71.1 Å². The number of carbonyl (C=O) groups excluding carboxylic acids is 3. The Morgan fingerprint density at radius 3 is 2.28 bits per heavy atom. The van der Waals surface area contributed by atoms with Crippen molar-refractivity contribution in [3.8, 4) is 11.3 Å². The lowest BCUT2D eigenvalue weighted by atomic mass is 10.1. The zero-order chi connectivity index (χ0) is 20.6. The number of aromatic nitrogens is 1. The van der Waals surface area contributed by atoms with Gasteiger partial charge >= 0.3 is 5.97 Å². The van der Waals surface area contributed by atoms with Crippen molar-refractivity contribution in [1.29, 1.82) is 0 Å². The molecule has 3 aromatic rings. The summed E-state index contributed by atoms with van der Waals surface area (Å²) in [6.07, 6.45) is 0.239. The number of nitrogens with one attached hydrogen (secondary N) is 1. The first kappa shape index (κ1) is 20.4. The van der Waals surface area contributed by atoms with Gasteiger partial charge in [-0.05, 0) is 0 Å². The number of carbonyl (C=O) groups is 3. The number of benzene rings is 2. The molecule has 0 unspecified atom stereocenters. The number of nitrogens with zero attached hydrogens (tertiary/aromatic N) is 1. The van der Waals surface area contributed by atoms with Crippen LogP contribution in [0.4, 0.5) is 5.13 Å². The Morgan fingerprint density at radius 2 is 1.62 bits per heavy atom. The van der Waals surface area contributed by atoms with Gasteiger partial charge in [-0.3, -0.25) is 14.4 Å². The van der Waals surface area contributed by atoms with E-state index in [1.807, 2.05) is 36.4 Å². The van der Waals surface area contributed by atoms with Gasteiger partial charge < -0.3 is 10.1 Å². The number of hydrogen-bond donors (Lipinski definition) is 1. The molecule has 1 aromatic heterocycles. The van der Waals surface area contributed by atoms with Crippen LogP contribution in [0.5, 0.6) is 0 Å². The summed E-state index contributed by atoms with van der Waals surface area (Å²) in [5.41, 5.74) is 2.07. The van der Waals surface area contributed by atoms with Crippen molar-refractivity contribution < 1.29 is 19.1 Å². The number of ketones is 1. The van der Waals surface area contributed by atoms with Gasteiger partial charge in [0.2, 0.25) is 5.91 Å². The van der Waals surface area contributed by atoms with Crippen LogP contribution < -0.4 is 5.32 Å². The topological polar surface area (TPSA) is 85.4 Å². The van der Waals surface area contributed by atoms with Gasteiger partial charge in [-0.25, -0.2) is 4.98 Å². The number of rotatable bonds is 8. The van der Waals surface area contributed by atoms with Gasteiger partial charge in [-0.2, -0.15) is 0 Å². The lowest BCUT2D eigenvalue weighted by molar-refractivity contribution is -0.139. The van der Waals surface area contributed by atoms with Crippen LogP contribution in [0.3, 0.4) is 0 Å². The molecule has 0 atom stereocenters. The number of thiazole rings is 1. The highest BCUT2D eigenvalue weighted by molar-refractivity contribution is 7.16. The summed E-state index contributed by atoms with van der Waals surface area (Å²) < 4.78 is 4.76. The molecule has 148 valence electrons. The molecule has 1 N–H and O–H groups in total. The van der Waals surface area contributed by atoms with E-state index in [0.717, 1.165) is 5.56 Å². The average molecular weight is 408 g/mol. The van der Waals surface area contributed by atoms with E-state index in [2.05, 4.69) is 10.3 Å². The summed E-state index contributed by atoms with van der Waals surface area (Å²) in [6, 6.07) is 18.3. The molecule has 0 aliphatic carbocycles. The Balaban J connectivity index is 1.69. The van der Waals surface area contributed by atoms with E-state index in [0.29, 0.717) is 21.3 Å². The average Bonchev–Trinajstić information content (AvgIpc) is 3.15. The number of amides is 1. The minimum Gasteiger partial charge on any atom is -0.469 e. The third-order valence-corrected chi connectivity index (χ3v) is 5.17. The third-order valence-electron chi connectivity index (χ3n) is 4.20. The Labute approximate surface area is 172 Å². The second kappa shape index (κ2) is 9.75. The minimum atomic E-state index is -0.378. The fourth-order valence-corrected chi connectivity index (χ4v) is 3.71. The van der Waals surface area contributed by atoms with Gasteiger partial charge in [0.25, 0.3) is 0 Å². The van der Waals surface area contributed by atoms with Crippen molar-refractivity contribution >= 4 is 34.1 Å². The minimum absolute atomic E-state index is 0.0559. The highest BCUT2D eigenvalue weighted by atomic mass is 32.1. The number of methoxy groups -OCH3 is 1. The monoisotopic (exact) mass is 408 g/mol. The summed E-state index contributed by atoms with van der Waals surface area (Å²) in [7, 11) is 1.33. The molecule has 7 heteroatoms. The third kappa shape index (κ3) is 5.58. The van der Waals surface area contributed by atoms with Gasteiger partial charge in [0.1, 0.15) is 0 Å². The number of ether oxygens (including phenoxy) is 1. The Bertz CT molecular complexity index is 1000. The molecule has 6 nitrogen and oxygen atoms in total. The summed E-state index contributed by atoms with van der Waals surface area (Å²) in [6.45, 7) is 0. The summed E-state index contributed by atoms with van der Waals surface area (Å²) in [4.78, 5) is 41.4. The zero-order valence-electron chi connectivity index (χ0n) is 15.9.